The fourth-order valence-corrected chi connectivity index (χ4v) is 2.76. The van der Waals surface area contributed by atoms with E-state index in [-0.39, 0.29) is 11.6 Å². The highest BCUT2D eigenvalue weighted by Crippen LogP contribution is 2.21. The molecule has 0 aliphatic heterocycles. The number of nitrogens with one attached hydrogen (secondary N) is 2. The van der Waals surface area contributed by atoms with Crippen LogP contribution in [0.25, 0.3) is 0 Å². The number of thioether (sulfide) groups is 1. The molecule has 2 rings (SSSR count). The van der Waals surface area contributed by atoms with Crippen molar-refractivity contribution in [2.45, 2.75) is 32.1 Å². The third-order valence-electron chi connectivity index (χ3n) is 3.39. The molecule has 0 bridgehead atoms. The molecular formula is C20H23FN2O3S. The second-order valence-corrected chi connectivity index (χ2v) is 7.77. The molecule has 7 heteroatoms. The highest BCUT2D eigenvalue weighted by Gasteiger charge is 2.18. The van der Waals surface area contributed by atoms with Gasteiger partial charge in [0.15, 0.2) is 0 Å². The first-order valence-electron chi connectivity index (χ1n) is 8.37. The van der Waals surface area contributed by atoms with Gasteiger partial charge >= 0.3 is 6.09 Å². The van der Waals surface area contributed by atoms with Crippen LogP contribution in [0.3, 0.4) is 0 Å². The Morgan fingerprint density at radius 3 is 2.33 bits per heavy atom. The van der Waals surface area contributed by atoms with Crippen molar-refractivity contribution in [1.29, 1.82) is 0 Å². The van der Waals surface area contributed by atoms with E-state index in [4.69, 9.17) is 4.74 Å². The molecule has 2 aromatic carbocycles. The Hall–Kier alpha value is -2.54. The fourth-order valence-electron chi connectivity index (χ4n) is 2.23. The number of amides is 2. The van der Waals surface area contributed by atoms with Gasteiger partial charge in [-0.2, -0.15) is 11.8 Å². The number of hydrogen-bond donors (Lipinski definition) is 2. The van der Waals surface area contributed by atoms with Gasteiger partial charge < -0.3 is 10.1 Å². The van der Waals surface area contributed by atoms with Crippen LogP contribution in [0.1, 0.15) is 36.7 Å². The minimum atomic E-state index is -0.769. The number of anilines is 2. The lowest BCUT2D eigenvalue weighted by Crippen LogP contribution is -2.27. The lowest BCUT2D eigenvalue weighted by atomic mass is 10.1. The van der Waals surface area contributed by atoms with Gasteiger partial charge in [-0.3, -0.25) is 10.1 Å². The maximum atomic E-state index is 14.0. The Labute approximate surface area is 162 Å². The van der Waals surface area contributed by atoms with E-state index in [1.165, 1.54) is 18.2 Å². The molecular weight excluding hydrogens is 367 g/mol. The molecule has 5 nitrogen and oxygen atoms in total. The predicted octanol–water partition coefficient (Wildman–Crippen LogP) is 5.29. The zero-order valence-electron chi connectivity index (χ0n) is 15.8. The Morgan fingerprint density at radius 2 is 1.74 bits per heavy atom. The van der Waals surface area contributed by atoms with Crippen LogP contribution in [0.2, 0.25) is 0 Å². The van der Waals surface area contributed by atoms with Gasteiger partial charge in [-0.1, -0.05) is 12.1 Å². The van der Waals surface area contributed by atoms with Crippen molar-refractivity contribution in [2.75, 3.05) is 16.9 Å². The van der Waals surface area contributed by atoms with Gasteiger partial charge in [0.25, 0.3) is 5.91 Å². The Balaban J connectivity index is 2.08. The van der Waals surface area contributed by atoms with Gasteiger partial charge in [0.05, 0.1) is 5.69 Å². The summed E-state index contributed by atoms with van der Waals surface area (Å²) in [5.41, 5.74) is 1.21. The van der Waals surface area contributed by atoms with Crippen LogP contribution in [0.4, 0.5) is 20.6 Å². The van der Waals surface area contributed by atoms with Crippen LogP contribution in [-0.2, 0) is 10.5 Å². The first kappa shape index (κ1) is 20.8. The lowest BCUT2D eigenvalue weighted by molar-refractivity contribution is 0.0635. The molecule has 0 aromatic heterocycles. The van der Waals surface area contributed by atoms with Crippen molar-refractivity contribution in [2.24, 2.45) is 0 Å². The Bertz CT molecular complexity index is 817. The van der Waals surface area contributed by atoms with E-state index in [1.807, 2.05) is 18.4 Å². The summed E-state index contributed by atoms with van der Waals surface area (Å²) in [4.78, 5) is 24.2. The maximum absolute atomic E-state index is 14.0. The van der Waals surface area contributed by atoms with Crippen LogP contribution in [0.5, 0.6) is 0 Å². The van der Waals surface area contributed by atoms with Gasteiger partial charge in [0.2, 0.25) is 0 Å². The quantitative estimate of drug-likeness (QED) is 0.728. The number of benzene rings is 2. The molecule has 0 spiro atoms. The van der Waals surface area contributed by atoms with Crippen LogP contribution < -0.4 is 10.6 Å². The van der Waals surface area contributed by atoms with Crippen molar-refractivity contribution in [1.82, 2.24) is 0 Å². The third kappa shape index (κ3) is 6.60. The molecule has 144 valence electrons. The van der Waals surface area contributed by atoms with E-state index in [0.717, 1.165) is 11.3 Å². The van der Waals surface area contributed by atoms with Gasteiger partial charge in [0.1, 0.15) is 11.4 Å². The molecule has 0 fully saturated rings. The van der Waals surface area contributed by atoms with Gasteiger partial charge in [-0.15, -0.1) is 0 Å². The maximum Gasteiger partial charge on any atom is 0.412 e. The molecule has 0 atom stereocenters. The fraction of sp³-hybridized carbons (Fsp3) is 0.300. The van der Waals surface area contributed by atoms with Crippen LogP contribution in [0, 0.1) is 5.82 Å². The van der Waals surface area contributed by atoms with Crippen molar-refractivity contribution >= 4 is 35.1 Å². The van der Waals surface area contributed by atoms with Crippen LogP contribution >= 0.6 is 11.8 Å². The monoisotopic (exact) mass is 390 g/mol. The minimum absolute atomic E-state index is 0.0719. The van der Waals surface area contributed by atoms with Crippen molar-refractivity contribution in [3.05, 3.63) is 59.4 Å². The molecule has 0 saturated heterocycles. The summed E-state index contributed by atoms with van der Waals surface area (Å²) in [6.45, 7) is 5.14. The van der Waals surface area contributed by atoms with E-state index in [2.05, 4.69) is 10.6 Å². The second-order valence-electron chi connectivity index (χ2n) is 6.91. The predicted molar refractivity (Wildman–Crippen MR) is 108 cm³/mol. The number of carbonyl (C=O) groups is 2. The molecule has 2 amide bonds. The average Bonchev–Trinajstić information content (AvgIpc) is 2.57. The number of halogens is 1. The average molecular weight is 390 g/mol. The molecule has 0 radical (unpaired) electrons. The zero-order valence-corrected chi connectivity index (χ0v) is 16.6. The SMILES string of the molecule is CSCc1ccc(C(=O)Nc2ccc(F)c(NC(=O)OC(C)(C)C)c2)cc1. The summed E-state index contributed by atoms with van der Waals surface area (Å²) in [7, 11) is 0. The summed E-state index contributed by atoms with van der Waals surface area (Å²) >= 11 is 1.70. The van der Waals surface area contributed by atoms with Gasteiger partial charge in [0, 0.05) is 17.0 Å². The topological polar surface area (TPSA) is 67.4 Å². The summed E-state index contributed by atoms with van der Waals surface area (Å²) in [6.07, 6.45) is 1.24. The first-order chi connectivity index (χ1) is 12.7. The standard InChI is InChI=1S/C20H23FN2O3S/c1-20(2,3)26-19(25)23-17-11-15(9-10-16(17)21)22-18(24)14-7-5-13(6-8-14)12-27-4/h5-11H,12H2,1-4H3,(H,22,24)(H,23,25). The minimum Gasteiger partial charge on any atom is -0.444 e. The van der Waals surface area contributed by atoms with E-state index < -0.39 is 17.5 Å². The van der Waals surface area contributed by atoms with Crippen LogP contribution in [-0.4, -0.2) is 23.9 Å². The largest absolute Gasteiger partial charge is 0.444 e. The molecule has 0 saturated carbocycles. The number of carbonyl (C=O) groups excluding carboxylic acids is 2. The number of ether oxygens (including phenoxy) is 1. The zero-order chi connectivity index (χ0) is 20.0. The molecule has 0 unspecified atom stereocenters. The highest BCUT2D eigenvalue weighted by molar-refractivity contribution is 7.97. The smallest absolute Gasteiger partial charge is 0.412 e. The number of hydrogen-bond acceptors (Lipinski definition) is 4. The van der Waals surface area contributed by atoms with E-state index in [1.54, 1.807) is 44.7 Å². The second kappa shape index (κ2) is 8.90. The van der Waals surface area contributed by atoms with E-state index in [0.29, 0.717) is 11.3 Å². The van der Waals surface area contributed by atoms with E-state index >= 15 is 0 Å². The third-order valence-corrected chi connectivity index (χ3v) is 4.01. The van der Waals surface area contributed by atoms with Crippen LogP contribution in [0.15, 0.2) is 42.5 Å². The van der Waals surface area contributed by atoms with Gasteiger partial charge in [-0.05, 0) is 62.9 Å². The Morgan fingerprint density at radius 1 is 1.07 bits per heavy atom. The summed E-state index contributed by atoms with van der Waals surface area (Å²) < 4.78 is 19.1. The number of rotatable bonds is 5. The molecule has 0 aliphatic rings. The van der Waals surface area contributed by atoms with Crippen molar-refractivity contribution < 1.29 is 18.7 Å². The van der Waals surface area contributed by atoms with Crippen molar-refractivity contribution in [3.8, 4) is 0 Å². The molecule has 27 heavy (non-hydrogen) atoms. The van der Waals surface area contributed by atoms with Gasteiger partial charge in [-0.25, -0.2) is 9.18 Å². The highest BCUT2D eigenvalue weighted by atomic mass is 32.2. The lowest BCUT2D eigenvalue weighted by Gasteiger charge is -2.20. The molecule has 2 N–H and O–H groups in total. The normalized spacial score (nSPS) is 11.0. The Kier molecular flexibility index (Phi) is 6.85. The molecule has 2 aromatic rings. The summed E-state index contributed by atoms with van der Waals surface area (Å²) in [6, 6.07) is 11.2. The van der Waals surface area contributed by atoms with E-state index in [9.17, 15) is 14.0 Å². The first-order valence-corrected chi connectivity index (χ1v) is 9.76. The molecule has 0 aliphatic carbocycles. The molecule has 0 heterocycles. The summed E-state index contributed by atoms with van der Waals surface area (Å²) in [5.74, 6) is -0.0691. The van der Waals surface area contributed by atoms with Crippen molar-refractivity contribution in [3.63, 3.8) is 0 Å². The summed E-state index contributed by atoms with van der Waals surface area (Å²) in [5, 5.41) is 5.05.